The van der Waals surface area contributed by atoms with Crippen LogP contribution in [0.4, 0.5) is 5.95 Å². The topological polar surface area (TPSA) is 88.1 Å². The van der Waals surface area contributed by atoms with Crippen molar-refractivity contribution >= 4 is 16.0 Å². The van der Waals surface area contributed by atoms with Crippen molar-refractivity contribution in [1.82, 2.24) is 19.3 Å². The van der Waals surface area contributed by atoms with Gasteiger partial charge in [-0.1, -0.05) is 0 Å². The highest BCUT2D eigenvalue weighted by Gasteiger charge is 2.24. The van der Waals surface area contributed by atoms with Crippen LogP contribution in [0.25, 0.3) is 0 Å². The lowest BCUT2D eigenvalue weighted by Gasteiger charge is -2.15. The SMILES string of the molecule is O=S(=O)(CCNc1ncncn1)N1CCCC1. The highest BCUT2D eigenvalue weighted by atomic mass is 32.2. The summed E-state index contributed by atoms with van der Waals surface area (Å²) in [5.74, 6) is 0.468. The van der Waals surface area contributed by atoms with E-state index in [1.165, 1.54) is 12.7 Å². The molecule has 2 rings (SSSR count). The molecule has 0 bridgehead atoms. The van der Waals surface area contributed by atoms with E-state index in [4.69, 9.17) is 0 Å². The second-order valence-corrected chi connectivity index (χ2v) is 5.90. The van der Waals surface area contributed by atoms with Gasteiger partial charge in [0.1, 0.15) is 12.7 Å². The number of sulfonamides is 1. The molecule has 0 amide bonds. The molecule has 17 heavy (non-hydrogen) atoms. The summed E-state index contributed by atoms with van der Waals surface area (Å²) in [4.78, 5) is 11.4. The third-order valence-electron chi connectivity index (χ3n) is 2.59. The number of aromatic nitrogens is 3. The summed E-state index contributed by atoms with van der Waals surface area (Å²) < 4.78 is 25.3. The van der Waals surface area contributed by atoms with Gasteiger partial charge in [-0.05, 0) is 12.8 Å². The lowest BCUT2D eigenvalue weighted by molar-refractivity contribution is 0.478. The fourth-order valence-corrected chi connectivity index (χ4v) is 3.15. The molecule has 1 aromatic rings. The molecule has 1 fully saturated rings. The maximum Gasteiger partial charge on any atom is 0.225 e. The van der Waals surface area contributed by atoms with Gasteiger partial charge in [-0.3, -0.25) is 0 Å². The van der Waals surface area contributed by atoms with E-state index in [-0.39, 0.29) is 5.75 Å². The Hall–Kier alpha value is -1.28. The molecule has 0 unspecified atom stereocenters. The van der Waals surface area contributed by atoms with E-state index in [1.54, 1.807) is 4.31 Å². The number of nitrogens with one attached hydrogen (secondary N) is 1. The third kappa shape index (κ3) is 3.34. The van der Waals surface area contributed by atoms with E-state index in [1.807, 2.05) is 0 Å². The van der Waals surface area contributed by atoms with E-state index < -0.39 is 10.0 Å². The number of hydrogen-bond donors (Lipinski definition) is 1. The fourth-order valence-electron chi connectivity index (χ4n) is 1.72. The highest BCUT2D eigenvalue weighted by molar-refractivity contribution is 7.89. The van der Waals surface area contributed by atoms with E-state index in [2.05, 4.69) is 20.3 Å². The standard InChI is InChI=1S/C9H15N5O2S/c15-17(16,14-4-1-2-5-14)6-3-11-9-12-7-10-8-13-9/h7-8H,1-6H2,(H,10,11,12,13). The summed E-state index contributed by atoms with van der Waals surface area (Å²) in [7, 11) is -3.13. The van der Waals surface area contributed by atoms with E-state index >= 15 is 0 Å². The smallest absolute Gasteiger partial charge is 0.225 e. The van der Waals surface area contributed by atoms with Gasteiger partial charge in [-0.2, -0.15) is 0 Å². The van der Waals surface area contributed by atoms with Crippen molar-refractivity contribution in [2.24, 2.45) is 0 Å². The van der Waals surface area contributed by atoms with Gasteiger partial charge in [-0.15, -0.1) is 0 Å². The first-order valence-electron chi connectivity index (χ1n) is 5.52. The van der Waals surface area contributed by atoms with E-state index in [9.17, 15) is 8.42 Å². The third-order valence-corrected chi connectivity index (χ3v) is 4.47. The number of anilines is 1. The summed E-state index contributed by atoms with van der Waals surface area (Å²) in [6, 6.07) is 0. The van der Waals surface area contributed by atoms with Gasteiger partial charge in [0.05, 0.1) is 5.75 Å². The summed E-state index contributed by atoms with van der Waals surface area (Å²) in [6.07, 6.45) is 4.65. The van der Waals surface area contributed by atoms with Gasteiger partial charge < -0.3 is 5.32 Å². The zero-order valence-corrected chi connectivity index (χ0v) is 10.2. The van der Waals surface area contributed by atoms with Crippen LogP contribution >= 0.6 is 0 Å². The molecule has 1 saturated heterocycles. The Morgan fingerprint density at radius 3 is 2.53 bits per heavy atom. The largest absolute Gasteiger partial charge is 0.353 e. The Balaban J connectivity index is 1.82. The van der Waals surface area contributed by atoms with Crippen LogP contribution < -0.4 is 5.32 Å². The van der Waals surface area contributed by atoms with Gasteiger partial charge >= 0.3 is 0 Å². The summed E-state index contributed by atoms with van der Waals surface area (Å²) in [5.41, 5.74) is 0. The first-order chi connectivity index (χ1) is 8.18. The van der Waals surface area contributed by atoms with Crippen molar-refractivity contribution in [3.63, 3.8) is 0 Å². The second-order valence-electron chi connectivity index (χ2n) is 3.81. The average molecular weight is 257 g/mol. The molecule has 94 valence electrons. The van der Waals surface area contributed by atoms with Crippen molar-refractivity contribution in [3.05, 3.63) is 12.7 Å². The number of hydrogen-bond acceptors (Lipinski definition) is 6. The average Bonchev–Trinajstić information content (AvgIpc) is 2.84. The van der Waals surface area contributed by atoms with Crippen LogP contribution in [-0.2, 0) is 10.0 Å². The monoisotopic (exact) mass is 257 g/mol. The molecule has 1 aromatic heterocycles. The molecule has 1 aliphatic rings. The first-order valence-corrected chi connectivity index (χ1v) is 7.13. The lowest BCUT2D eigenvalue weighted by atomic mass is 10.4. The van der Waals surface area contributed by atoms with Crippen LogP contribution in [-0.4, -0.2) is 53.1 Å². The normalized spacial score (nSPS) is 17.2. The Labute approximate surface area is 100 Å². The van der Waals surface area contributed by atoms with Gasteiger partial charge in [0.25, 0.3) is 0 Å². The fraction of sp³-hybridized carbons (Fsp3) is 0.667. The molecule has 0 aromatic carbocycles. The predicted molar refractivity (Wildman–Crippen MR) is 62.9 cm³/mol. The predicted octanol–water partition coefficient (Wildman–Crippen LogP) is -0.291. The van der Waals surface area contributed by atoms with E-state index in [0.29, 0.717) is 25.6 Å². The molecule has 0 saturated carbocycles. The molecule has 1 aliphatic heterocycles. The first kappa shape index (κ1) is 12.2. The Morgan fingerprint density at radius 1 is 1.24 bits per heavy atom. The quantitative estimate of drug-likeness (QED) is 0.779. The summed E-state index contributed by atoms with van der Waals surface area (Å²) >= 11 is 0. The Morgan fingerprint density at radius 2 is 1.88 bits per heavy atom. The van der Waals surface area contributed by atoms with Crippen LogP contribution in [0.5, 0.6) is 0 Å². The Kier molecular flexibility index (Phi) is 3.85. The minimum absolute atomic E-state index is 0.0681. The van der Waals surface area contributed by atoms with Crippen LogP contribution in [0.3, 0.4) is 0 Å². The molecule has 7 nitrogen and oxygen atoms in total. The van der Waals surface area contributed by atoms with Crippen LogP contribution in [0.2, 0.25) is 0 Å². The van der Waals surface area contributed by atoms with Crippen LogP contribution in [0.1, 0.15) is 12.8 Å². The summed E-state index contributed by atoms with van der Waals surface area (Å²) in [6.45, 7) is 1.60. The van der Waals surface area contributed by atoms with Crippen molar-refractivity contribution in [1.29, 1.82) is 0 Å². The Bertz CT molecular complexity index is 444. The van der Waals surface area contributed by atoms with Crippen LogP contribution in [0, 0.1) is 0 Å². The van der Waals surface area contributed by atoms with Crippen LogP contribution in [0.15, 0.2) is 12.7 Å². The summed E-state index contributed by atoms with van der Waals surface area (Å²) in [5, 5.41) is 2.86. The maximum absolute atomic E-state index is 11.9. The molecule has 0 atom stereocenters. The molecule has 0 spiro atoms. The molecule has 2 heterocycles. The molecule has 8 heteroatoms. The van der Waals surface area contributed by atoms with E-state index in [0.717, 1.165) is 12.8 Å². The molecule has 0 radical (unpaired) electrons. The lowest BCUT2D eigenvalue weighted by Crippen LogP contribution is -2.32. The zero-order chi connectivity index (χ0) is 12.1. The van der Waals surface area contributed by atoms with Crippen molar-refractivity contribution < 1.29 is 8.42 Å². The number of rotatable bonds is 5. The van der Waals surface area contributed by atoms with Crippen molar-refractivity contribution in [3.8, 4) is 0 Å². The molecular formula is C9H15N5O2S. The van der Waals surface area contributed by atoms with Gasteiger partial charge in [0.15, 0.2) is 0 Å². The van der Waals surface area contributed by atoms with Crippen molar-refractivity contribution in [2.75, 3.05) is 30.7 Å². The van der Waals surface area contributed by atoms with Crippen molar-refractivity contribution in [2.45, 2.75) is 12.8 Å². The highest BCUT2D eigenvalue weighted by Crippen LogP contribution is 2.12. The minimum Gasteiger partial charge on any atom is -0.353 e. The number of nitrogens with zero attached hydrogens (tertiary/aromatic N) is 4. The minimum atomic E-state index is -3.13. The molecule has 0 aliphatic carbocycles. The second kappa shape index (κ2) is 5.37. The van der Waals surface area contributed by atoms with Gasteiger partial charge in [0.2, 0.25) is 16.0 Å². The maximum atomic E-state index is 11.9. The zero-order valence-electron chi connectivity index (χ0n) is 9.41. The molecule has 1 N–H and O–H groups in total. The molecular weight excluding hydrogens is 242 g/mol. The van der Waals surface area contributed by atoms with Gasteiger partial charge in [0, 0.05) is 19.6 Å². The van der Waals surface area contributed by atoms with Gasteiger partial charge in [-0.25, -0.2) is 27.7 Å².